The molecule has 2 N–H and O–H groups in total. The van der Waals surface area contributed by atoms with Crippen molar-refractivity contribution in [2.24, 2.45) is 11.3 Å². The number of nitrogens with zero attached hydrogens (tertiary/aromatic N) is 1. The summed E-state index contributed by atoms with van der Waals surface area (Å²) in [6.07, 6.45) is 1.84. The predicted octanol–water partition coefficient (Wildman–Crippen LogP) is 1.50. The highest BCUT2D eigenvalue weighted by molar-refractivity contribution is 5.97. The third-order valence-corrected chi connectivity index (χ3v) is 3.74. The second kappa shape index (κ2) is 5.49. The van der Waals surface area contributed by atoms with E-state index in [-0.39, 0.29) is 5.91 Å². The van der Waals surface area contributed by atoms with Gasteiger partial charge in [0.1, 0.15) is 5.92 Å². The van der Waals surface area contributed by atoms with Crippen molar-refractivity contribution in [3.8, 4) is 0 Å². The lowest BCUT2D eigenvalue weighted by molar-refractivity contribution is -0.156. The first-order valence-electron chi connectivity index (χ1n) is 6.78. The molecule has 0 aliphatic carbocycles. The first-order chi connectivity index (χ1) is 8.54. The van der Waals surface area contributed by atoms with Crippen LogP contribution in [0.2, 0.25) is 0 Å². The van der Waals surface area contributed by atoms with Crippen LogP contribution < -0.4 is 0 Å². The average molecular weight is 271 g/mol. The van der Waals surface area contributed by atoms with Crippen molar-refractivity contribution in [1.29, 1.82) is 0 Å². The maximum Gasteiger partial charge on any atom is 0.316 e. The molecule has 1 fully saturated rings. The van der Waals surface area contributed by atoms with Gasteiger partial charge >= 0.3 is 5.97 Å². The largest absolute Gasteiger partial charge is 0.481 e. The van der Waals surface area contributed by atoms with Crippen molar-refractivity contribution in [1.82, 2.24) is 4.90 Å². The van der Waals surface area contributed by atoms with Gasteiger partial charge in [-0.25, -0.2) is 0 Å². The van der Waals surface area contributed by atoms with E-state index >= 15 is 0 Å². The summed E-state index contributed by atoms with van der Waals surface area (Å²) in [6, 6.07) is 0. The van der Waals surface area contributed by atoms with Gasteiger partial charge in [-0.1, -0.05) is 20.8 Å². The van der Waals surface area contributed by atoms with Crippen LogP contribution in [0.15, 0.2) is 0 Å². The van der Waals surface area contributed by atoms with Crippen molar-refractivity contribution in [2.75, 3.05) is 13.1 Å². The van der Waals surface area contributed by atoms with E-state index in [0.29, 0.717) is 32.4 Å². The molecule has 0 spiro atoms. The van der Waals surface area contributed by atoms with Crippen LogP contribution in [0.5, 0.6) is 0 Å². The van der Waals surface area contributed by atoms with E-state index in [1.54, 1.807) is 32.6 Å². The monoisotopic (exact) mass is 271 g/mol. The second-order valence-electron chi connectivity index (χ2n) is 6.81. The normalized spacial score (nSPS) is 26.7. The number of rotatable bonds is 2. The number of carboxylic acids is 1. The summed E-state index contributed by atoms with van der Waals surface area (Å²) >= 11 is 0. The Morgan fingerprint density at radius 1 is 1.21 bits per heavy atom. The zero-order valence-corrected chi connectivity index (χ0v) is 12.3. The molecule has 1 amide bonds. The lowest BCUT2D eigenvalue weighted by Gasteiger charge is -2.31. The molecular formula is C14H25NO4. The van der Waals surface area contributed by atoms with Gasteiger partial charge in [-0.15, -0.1) is 0 Å². The van der Waals surface area contributed by atoms with Crippen LogP contribution in [-0.4, -0.2) is 45.7 Å². The van der Waals surface area contributed by atoms with E-state index in [9.17, 15) is 19.8 Å². The van der Waals surface area contributed by atoms with Gasteiger partial charge in [-0.2, -0.15) is 0 Å². The summed E-state index contributed by atoms with van der Waals surface area (Å²) in [7, 11) is 0. The lowest BCUT2D eigenvalue weighted by atomic mass is 9.80. The van der Waals surface area contributed by atoms with Gasteiger partial charge in [0.05, 0.1) is 5.60 Å². The fraction of sp³-hybridized carbons (Fsp3) is 0.857. The predicted molar refractivity (Wildman–Crippen MR) is 71.6 cm³/mol. The summed E-state index contributed by atoms with van der Waals surface area (Å²) in [6.45, 7) is 7.99. The Labute approximate surface area is 114 Å². The summed E-state index contributed by atoms with van der Waals surface area (Å²) in [5.41, 5.74) is -1.37. The highest BCUT2D eigenvalue weighted by Crippen LogP contribution is 2.30. The smallest absolute Gasteiger partial charge is 0.316 e. The Morgan fingerprint density at radius 3 is 2.26 bits per heavy atom. The van der Waals surface area contributed by atoms with E-state index < -0.39 is 22.9 Å². The Kier molecular flexibility index (Phi) is 4.61. The zero-order valence-electron chi connectivity index (χ0n) is 12.3. The number of aliphatic carboxylic acids is 1. The molecule has 0 saturated carbocycles. The molecule has 1 aliphatic heterocycles. The minimum Gasteiger partial charge on any atom is -0.481 e. The van der Waals surface area contributed by atoms with Gasteiger partial charge < -0.3 is 15.1 Å². The van der Waals surface area contributed by atoms with Crippen LogP contribution >= 0.6 is 0 Å². The number of carboxylic acid groups (broad SMARTS) is 1. The molecule has 1 heterocycles. The number of aliphatic hydroxyl groups is 1. The summed E-state index contributed by atoms with van der Waals surface area (Å²) in [5.74, 6) is -2.44. The number of hydrogen-bond acceptors (Lipinski definition) is 3. The van der Waals surface area contributed by atoms with Gasteiger partial charge in [0.25, 0.3) is 0 Å². The highest BCUT2D eigenvalue weighted by atomic mass is 16.4. The van der Waals surface area contributed by atoms with E-state index in [0.717, 1.165) is 0 Å². The van der Waals surface area contributed by atoms with Gasteiger partial charge in [-0.3, -0.25) is 9.59 Å². The summed E-state index contributed by atoms with van der Waals surface area (Å²) in [5, 5.41) is 19.3. The van der Waals surface area contributed by atoms with E-state index in [2.05, 4.69) is 0 Å². The summed E-state index contributed by atoms with van der Waals surface area (Å²) in [4.78, 5) is 25.3. The fourth-order valence-corrected chi connectivity index (χ4v) is 2.51. The van der Waals surface area contributed by atoms with Crippen LogP contribution in [0, 0.1) is 11.3 Å². The Morgan fingerprint density at radius 2 is 1.79 bits per heavy atom. The number of carbonyl (C=O) groups excluding carboxylic acids is 1. The topological polar surface area (TPSA) is 77.8 Å². The Bertz CT molecular complexity index is 357. The Hall–Kier alpha value is -1.10. The number of hydrogen-bond donors (Lipinski definition) is 2. The number of likely N-dealkylation sites (tertiary alicyclic amines) is 1. The van der Waals surface area contributed by atoms with Gasteiger partial charge in [0.2, 0.25) is 5.91 Å². The molecule has 5 heteroatoms. The highest BCUT2D eigenvalue weighted by Gasteiger charge is 2.41. The van der Waals surface area contributed by atoms with Crippen LogP contribution in [-0.2, 0) is 9.59 Å². The van der Waals surface area contributed by atoms with Crippen LogP contribution in [0.1, 0.15) is 47.0 Å². The van der Waals surface area contributed by atoms with Crippen molar-refractivity contribution in [3.63, 3.8) is 0 Å². The van der Waals surface area contributed by atoms with Gasteiger partial charge in [0, 0.05) is 13.1 Å². The maximum atomic E-state index is 12.4. The third-order valence-electron chi connectivity index (χ3n) is 3.74. The van der Waals surface area contributed by atoms with Gasteiger partial charge in [-0.05, 0) is 31.6 Å². The molecule has 1 saturated heterocycles. The molecule has 0 radical (unpaired) electrons. The fourth-order valence-electron chi connectivity index (χ4n) is 2.51. The third kappa shape index (κ3) is 4.20. The standard InChI is InChI=1S/C14H25NO4/c1-13(2,3)10(12(17)18)11(16)15-8-5-6-14(4,19)7-9-15/h10,19H,5-9H2,1-4H3,(H,17,18). The molecule has 110 valence electrons. The maximum absolute atomic E-state index is 12.4. The molecule has 2 atom stereocenters. The first-order valence-corrected chi connectivity index (χ1v) is 6.78. The molecule has 19 heavy (non-hydrogen) atoms. The van der Waals surface area contributed by atoms with Crippen molar-refractivity contribution in [3.05, 3.63) is 0 Å². The van der Waals surface area contributed by atoms with E-state index in [4.69, 9.17) is 0 Å². The quantitative estimate of drug-likeness (QED) is 0.746. The molecule has 0 bridgehead atoms. The van der Waals surface area contributed by atoms with E-state index in [1.807, 2.05) is 0 Å². The van der Waals surface area contributed by atoms with Crippen molar-refractivity contribution < 1.29 is 19.8 Å². The molecule has 1 rings (SSSR count). The van der Waals surface area contributed by atoms with Crippen LogP contribution in [0.4, 0.5) is 0 Å². The number of amides is 1. The van der Waals surface area contributed by atoms with Crippen LogP contribution in [0.3, 0.4) is 0 Å². The van der Waals surface area contributed by atoms with Crippen molar-refractivity contribution >= 4 is 11.9 Å². The molecule has 5 nitrogen and oxygen atoms in total. The Balaban J connectivity index is 2.84. The van der Waals surface area contributed by atoms with Gasteiger partial charge in [0.15, 0.2) is 0 Å². The minimum absolute atomic E-state index is 0.335. The lowest BCUT2D eigenvalue weighted by Crippen LogP contribution is -2.45. The molecule has 1 aliphatic rings. The SMILES string of the molecule is CC1(O)CCCN(C(=O)C(C(=O)O)C(C)(C)C)CC1. The van der Waals surface area contributed by atoms with E-state index in [1.165, 1.54) is 0 Å². The molecule has 2 unspecified atom stereocenters. The minimum atomic E-state index is -1.08. The summed E-state index contributed by atoms with van der Waals surface area (Å²) < 4.78 is 0. The van der Waals surface area contributed by atoms with Crippen molar-refractivity contribution in [2.45, 2.75) is 52.6 Å². The molecule has 0 aromatic heterocycles. The number of carbonyl (C=O) groups is 2. The average Bonchev–Trinajstić information content (AvgIpc) is 2.36. The zero-order chi connectivity index (χ0) is 14.8. The molecule has 0 aromatic carbocycles. The second-order valence-corrected chi connectivity index (χ2v) is 6.81. The molecule has 0 aromatic rings. The molecular weight excluding hydrogens is 246 g/mol. The van der Waals surface area contributed by atoms with Crippen LogP contribution in [0.25, 0.3) is 0 Å². The first kappa shape index (κ1) is 16.0.